The summed E-state index contributed by atoms with van der Waals surface area (Å²) in [7, 11) is 0. The molecule has 0 heterocycles. The fourth-order valence-corrected chi connectivity index (χ4v) is 3.71. The van der Waals surface area contributed by atoms with Gasteiger partial charge in [0.25, 0.3) is 0 Å². The number of benzene rings is 1. The Morgan fingerprint density at radius 1 is 1.10 bits per heavy atom. The van der Waals surface area contributed by atoms with E-state index >= 15 is 0 Å². The average molecular weight is 603 g/mol. The summed E-state index contributed by atoms with van der Waals surface area (Å²) in [5.74, 6) is -9.86. The summed E-state index contributed by atoms with van der Waals surface area (Å²) in [5, 5.41) is -1.42. The van der Waals surface area contributed by atoms with Gasteiger partial charge in [0.2, 0.25) is 0 Å². The number of alkyl halides is 3. The van der Waals surface area contributed by atoms with Gasteiger partial charge in [-0.1, -0.05) is 63.4 Å². The van der Waals surface area contributed by atoms with E-state index in [0.717, 1.165) is 0 Å². The standard InChI is InChI=1S/C19H14Br2ClF7O2/c1-18(2)10(4-11(22)19(27,28)29)12(18)17(30)31-6-9-15(25)13(23)8(3-7(21)5-20)14(24)16(9)26/h4-5,10,12H,3,6H2,1-2H3/t10-,12-/m0/s1. The van der Waals surface area contributed by atoms with E-state index in [2.05, 4.69) is 31.9 Å². The van der Waals surface area contributed by atoms with Crippen LogP contribution >= 0.6 is 43.5 Å². The second kappa shape index (κ2) is 9.43. The minimum absolute atomic E-state index is 0.204. The molecule has 2 nitrogen and oxygen atoms in total. The van der Waals surface area contributed by atoms with Crippen LogP contribution < -0.4 is 0 Å². The molecule has 1 aliphatic rings. The molecular weight excluding hydrogens is 588 g/mol. The fraction of sp³-hybridized carbons (Fsp3) is 0.421. The molecule has 0 bridgehead atoms. The van der Waals surface area contributed by atoms with Crippen molar-refractivity contribution in [3.8, 4) is 0 Å². The van der Waals surface area contributed by atoms with Crippen LogP contribution in [0.4, 0.5) is 30.7 Å². The molecule has 0 saturated heterocycles. The maximum atomic E-state index is 14.3. The average Bonchev–Trinajstić information content (AvgIpc) is 3.22. The van der Waals surface area contributed by atoms with E-state index in [4.69, 9.17) is 16.3 Å². The van der Waals surface area contributed by atoms with Crippen molar-refractivity contribution in [3.05, 3.63) is 55.0 Å². The number of hydrogen-bond donors (Lipinski definition) is 0. The Morgan fingerprint density at radius 3 is 2.03 bits per heavy atom. The van der Waals surface area contributed by atoms with E-state index in [1.54, 1.807) is 0 Å². The van der Waals surface area contributed by atoms with Gasteiger partial charge >= 0.3 is 12.1 Å². The van der Waals surface area contributed by atoms with Crippen LogP contribution in [0.2, 0.25) is 0 Å². The van der Waals surface area contributed by atoms with Crippen LogP contribution in [0.3, 0.4) is 0 Å². The number of esters is 1. The molecule has 0 spiro atoms. The third kappa shape index (κ3) is 5.47. The first-order valence-electron chi connectivity index (χ1n) is 8.54. The number of allylic oxidation sites excluding steroid dienone is 3. The number of halogens is 10. The summed E-state index contributed by atoms with van der Waals surface area (Å²) in [4.78, 5) is 13.5. The van der Waals surface area contributed by atoms with Crippen molar-refractivity contribution in [1.82, 2.24) is 0 Å². The molecule has 1 aromatic carbocycles. The zero-order valence-corrected chi connectivity index (χ0v) is 19.7. The number of ether oxygens (including phenoxy) is 1. The van der Waals surface area contributed by atoms with Crippen molar-refractivity contribution in [3.63, 3.8) is 0 Å². The summed E-state index contributed by atoms with van der Waals surface area (Å²) < 4.78 is 99.8. The summed E-state index contributed by atoms with van der Waals surface area (Å²) in [5.41, 5.74) is -2.98. The molecule has 1 aliphatic carbocycles. The second-order valence-electron chi connectivity index (χ2n) is 7.39. The molecule has 0 amide bonds. The Morgan fingerprint density at radius 2 is 1.58 bits per heavy atom. The highest BCUT2D eigenvalue weighted by Gasteiger charge is 2.62. The molecule has 2 atom stereocenters. The van der Waals surface area contributed by atoms with Crippen molar-refractivity contribution in [2.75, 3.05) is 0 Å². The Balaban J connectivity index is 2.21. The number of carbonyl (C=O) groups is 1. The molecule has 0 N–H and O–H groups in total. The minimum Gasteiger partial charge on any atom is -0.460 e. The Labute approximate surface area is 194 Å². The van der Waals surface area contributed by atoms with Crippen LogP contribution in [0.15, 0.2) is 20.6 Å². The number of hydrogen-bond acceptors (Lipinski definition) is 2. The predicted octanol–water partition coefficient (Wildman–Crippen LogP) is 7.42. The van der Waals surface area contributed by atoms with Crippen LogP contribution in [0, 0.1) is 40.5 Å². The van der Waals surface area contributed by atoms with E-state index in [1.165, 1.54) is 18.8 Å². The summed E-state index contributed by atoms with van der Waals surface area (Å²) >= 11 is 11.0. The number of carbonyl (C=O) groups excluding carboxylic acids is 1. The maximum absolute atomic E-state index is 14.3. The second-order valence-corrected chi connectivity index (χ2v) is 9.27. The summed E-state index contributed by atoms with van der Waals surface area (Å²) in [6.07, 6.45) is -4.62. The zero-order chi connectivity index (χ0) is 23.9. The van der Waals surface area contributed by atoms with E-state index in [0.29, 0.717) is 6.08 Å². The van der Waals surface area contributed by atoms with Gasteiger partial charge in [-0.25, -0.2) is 17.6 Å². The lowest BCUT2D eigenvalue weighted by molar-refractivity contribution is -0.147. The van der Waals surface area contributed by atoms with Crippen molar-refractivity contribution in [2.24, 2.45) is 17.3 Å². The van der Waals surface area contributed by atoms with Gasteiger partial charge in [-0.2, -0.15) is 13.2 Å². The Hall–Kier alpha value is -1.07. The maximum Gasteiger partial charge on any atom is 0.426 e. The summed E-state index contributed by atoms with van der Waals surface area (Å²) in [6, 6.07) is 0. The normalized spacial score (nSPS) is 21.3. The smallest absolute Gasteiger partial charge is 0.426 e. The lowest BCUT2D eigenvalue weighted by Gasteiger charge is -2.12. The van der Waals surface area contributed by atoms with Crippen LogP contribution in [0.5, 0.6) is 0 Å². The van der Waals surface area contributed by atoms with Gasteiger partial charge in [0.15, 0.2) is 23.3 Å². The van der Waals surface area contributed by atoms with Gasteiger partial charge in [-0.05, 0) is 16.3 Å². The fourth-order valence-electron chi connectivity index (χ4n) is 3.14. The predicted molar refractivity (Wildman–Crippen MR) is 106 cm³/mol. The molecular formula is C19H14Br2ClF7O2. The summed E-state index contributed by atoms with van der Waals surface area (Å²) in [6.45, 7) is 1.81. The Bertz CT molecular complexity index is 929. The first-order valence-corrected chi connectivity index (χ1v) is 10.6. The van der Waals surface area contributed by atoms with Gasteiger partial charge in [0.05, 0.1) is 11.5 Å². The van der Waals surface area contributed by atoms with Gasteiger partial charge in [0.1, 0.15) is 11.6 Å². The van der Waals surface area contributed by atoms with E-state index in [9.17, 15) is 35.5 Å². The zero-order valence-electron chi connectivity index (χ0n) is 15.8. The molecule has 1 fully saturated rings. The van der Waals surface area contributed by atoms with Crippen LogP contribution in [0.25, 0.3) is 0 Å². The lowest BCUT2D eigenvalue weighted by atomic mass is 10.1. The third-order valence-electron chi connectivity index (χ3n) is 5.03. The van der Waals surface area contributed by atoms with Crippen LogP contribution in [-0.2, 0) is 22.6 Å². The molecule has 172 valence electrons. The molecule has 0 radical (unpaired) electrons. The van der Waals surface area contributed by atoms with Crippen LogP contribution in [-0.4, -0.2) is 12.1 Å². The molecule has 0 aliphatic heterocycles. The minimum atomic E-state index is -4.79. The van der Waals surface area contributed by atoms with Crippen molar-refractivity contribution in [2.45, 2.75) is 33.1 Å². The van der Waals surface area contributed by atoms with Crippen molar-refractivity contribution < 1.29 is 40.3 Å². The van der Waals surface area contributed by atoms with E-state index in [-0.39, 0.29) is 4.48 Å². The molecule has 1 saturated carbocycles. The first kappa shape index (κ1) is 26.2. The van der Waals surface area contributed by atoms with Gasteiger partial charge < -0.3 is 4.74 Å². The van der Waals surface area contributed by atoms with Gasteiger partial charge in [-0.3, -0.25) is 4.79 Å². The largest absolute Gasteiger partial charge is 0.460 e. The molecule has 0 unspecified atom stereocenters. The van der Waals surface area contributed by atoms with E-state index < -0.39 is 81.9 Å². The van der Waals surface area contributed by atoms with Gasteiger partial charge in [0, 0.05) is 16.5 Å². The highest BCUT2D eigenvalue weighted by Crippen LogP contribution is 2.60. The quantitative estimate of drug-likeness (QED) is 0.193. The van der Waals surface area contributed by atoms with E-state index in [1.807, 2.05) is 0 Å². The molecule has 0 aromatic heterocycles. The molecule has 12 heteroatoms. The monoisotopic (exact) mass is 600 g/mol. The Kier molecular flexibility index (Phi) is 7.96. The highest BCUT2D eigenvalue weighted by atomic mass is 79.9. The third-order valence-corrected chi connectivity index (χ3v) is 7.05. The van der Waals surface area contributed by atoms with Crippen molar-refractivity contribution >= 4 is 49.4 Å². The molecule has 31 heavy (non-hydrogen) atoms. The highest BCUT2D eigenvalue weighted by molar-refractivity contribution is 9.14. The van der Waals surface area contributed by atoms with Gasteiger partial charge in [-0.15, -0.1) is 0 Å². The number of rotatable bonds is 6. The lowest BCUT2D eigenvalue weighted by Crippen LogP contribution is -2.15. The van der Waals surface area contributed by atoms with Crippen molar-refractivity contribution in [1.29, 1.82) is 0 Å². The first-order chi connectivity index (χ1) is 14.1. The molecule has 2 rings (SSSR count). The SMILES string of the molecule is CC1(C)[C@H](C(=O)OCc2c(F)c(F)c(CC(Br)=CBr)c(F)c2F)[C@@H]1C=C(Cl)C(F)(F)F. The van der Waals surface area contributed by atoms with Crippen LogP contribution in [0.1, 0.15) is 25.0 Å². The molecule has 1 aromatic rings. The topological polar surface area (TPSA) is 26.3 Å².